The number of hydrogen-bond donors (Lipinski definition) is 1. The smallest absolute Gasteiger partial charge is 0.244 e. The summed E-state index contributed by atoms with van der Waals surface area (Å²) in [5.74, 6) is -1.55. The fourth-order valence-electron chi connectivity index (χ4n) is 3.11. The molecule has 0 aliphatic carbocycles. The summed E-state index contributed by atoms with van der Waals surface area (Å²) < 4.78 is 40.9. The average molecular weight is 542 g/mol. The van der Waals surface area contributed by atoms with Crippen LogP contribution in [0, 0.1) is 5.82 Å². The lowest BCUT2D eigenvalue weighted by atomic mass is 10.1. The van der Waals surface area contributed by atoms with Gasteiger partial charge in [-0.1, -0.05) is 37.3 Å². The van der Waals surface area contributed by atoms with Crippen LogP contribution in [0.15, 0.2) is 53.0 Å². The fourth-order valence-corrected chi connectivity index (χ4v) is 4.58. The standard InChI is InChI=1S/C23H29BrFN3O4S/c1-5-16(2)26-23(30)17(3)27(14-18-10-6-8-12-20(18)25)22(29)15-28(33(4,31)32)21-13-9-7-11-19(21)24/h6-13,16-17H,5,14-15H2,1-4H3,(H,26,30)/t16-,17+/m1/s1. The average Bonchev–Trinajstić information content (AvgIpc) is 2.76. The lowest BCUT2D eigenvalue weighted by molar-refractivity contribution is -0.139. The number of carbonyl (C=O) groups excluding carboxylic acids is 2. The summed E-state index contributed by atoms with van der Waals surface area (Å²) in [7, 11) is -3.84. The molecule has 0 bridgehead atoms. The third-order valence-corrected chi connectivity index (χ3v) is 7.06. The van der Waals surface area contributed by atoms with E-state index in [1.807, 2.05) is 13.8 Å². The number of nitrogens with zero attached hydrogens (tertiary/aromatic N) is 2. The molecular weight excluding hydrogens is 513 g/mol. The molecule has 1 N–H and O–H groups in total. The normalized spacial score (nSPS) is 13.2. The Hall–Kier alpha value is -2.46. The number of halogens is 2. The number of para-hydroxylation sites is 1. The second-order valence-corrected chi connectivity index (χ2v) is 10.6. The number of benzene rings is 2. The molecule has 2 amide bonds. The molecule has 0 saturated carbocycles. The highest BCUT2D eigenvalue weighted by Crippen LogP contribution is 2.28. The Morgan fingerprint density at radius 1 is 1.09 bits per heavy atom. The number of hydrogen-bond acceptors (Lipinski definition) is 4. The van der Waals surface area contributed by atoms with Crippen molar-refractivity contribution >= 4 is 43.5 Å². The van der Waals surface area contributed by atoms with Crippen molar-refractivity contribution in [2.45, 2.75) is 45.8 Å². The fraction of sp³-hybridized carbons (Fsp3) is 0.391. The molecule has 0 fully saturated rings. The van der Waals surface area contributed by atoms with Gasteiger partial charge in [-0.15, -0.1) is 0 Å². The number of carbonyl (C=O) groups is 2. The van der Waals surface area contributed by atoms with Crippen molar-refractivity contribution in [3.8, 4) is 0 Å². The molecule has 0 radical (unpaired) electrons. The van der Waals surface area contributed by atoms with E-state index < -0.39 is 40.2 Å². The van der Waals surface area contributed by atoms with Gasteiger partial charge in [0.1, 0.15) is 18.4 Å². The lowest BCUT2D eigenvalue weighted by Gasteiger charge is -2.32. The third kappa shape index (κ3) is 7.26. The van der Waals surface area contributed by atoms with Gasteiger partial charge in [-0.3, -0.25) is 13.9 Å². The molecule has 0 aliphatic rings. The van der Waals surface area contributed by atoms with Gasteiger partial charge in [0.25, 0.3) is 0 Å². The topological polar surface area (TPSA) is 86.8 Å². The number of nitrogens with one attached hydrogen (secondary N) is 1. The molecule has 2 rings (SSSR count). The summed E-state index contributed by atoms with van der Waals surface area (Å²) in [6.45, 7) is 4.57. The maximum Gasteiger partial charge on any atom is 0.244 e. The van der Waals surface area contributed by atoms with E-state index in [2.05, 4.69) is 21.2 Å². The van der Waals surface area contributed by atoms with Gasteiger partial charge >= 0.3 is 0 Å². The molecular formula is C23H29BrFN3O4S. The molecule has 0 spiro atoms. The van der Waals surface area contributed by atoms with E-state index in [1.165, 1.54) is 23.1 Å². The maximum atomic E-state index is 14.4. The molecule has 10 heteroatoms. The summed E-state index contributed by atoms with van der Waals surface area (Å²) in [5.41, 5.74) is 0.511. The molecule has 2 atom stereocenters. The van der Waals surface area contributed by atoms with Crippen molar-refractivity contribution < 1.29 is 22.4 Å². The van der Waals surface area contributed by atoms with Gasteiger partial charge in [-0.25, -0.2) is 12.8 Å². The minimum atomic E-state index is -3.84. The minimum Gasteiger partial charge on any atom is -0.352 e. The Bertz CT molecular complexity index is 1100. The number of amides is 2. The molecule has 2 aromatic rings. The first-order valence-corrected chi connectivity index (χ1v) is 13.1. The van der Waals surface area contributed by atoms with Crippen LogP contribution >= 0.6 is 15.9 Å². The van der Waals surface area contributed by atoms with E-state index in [-0.39, 0.29) is 23.8 Å². The first kappa shape index (κ1) is 26.8. The predicted octanol–water partition coefficient (Wildman–Crippen LogP) is 3.69. The molecule has 180 valence electrons. The van der Waals surface area contributed by atoms with Gasteiger partial charge in [0.2, 0.25) is 21.8 Å². The second-order valence-electron chi connectivity index (χ2n) is 7.83. The zero-order valence-corrected chi connectivity index (χ0v) is 21.5. The highest BCUT2D eigenvalue weighted by Gasteiger charge is 2.31. The van der Waals surface area contributed by atoms with E-state index in [0.717, 1.165) is 10.6 Å². The van der Waals surface area contributed by atoms with Gasteiger partial charge in [-0.2, -0.15) is 0 Å². The molecule has 33 heavy (non-hydrogen) atoms. The van der Waals surface area contributed by atoms with E-state index >= 15 is 0 Å². The van der Waals surface area contributed by atoms with Crippen molar-refractivity contribution in [3.63, 3.8) is 0 Å². The van der Waals surface area contributed by atoms with Crippen molar-refractivity contribution in [2.24, 2.45) is 0 Å². The van der Waals surface area contributed by atoms with Gasteiger partial charge < -0.3 is 10.2 Å². The summed E-state index contributed by atoms with van der Waals surface area (Å²) in [4.78, 5) is 27.4. The van der Waals surface area contributed by atoms with Crippen LogP contribution < -0.4 is 9.62 Å². The SMILES string of the molecule is CC[C@@H](C)NC(=O)[C@H](C)N(Cc1ccccc1F)C(=O)CN(c1ccccc1Br)S(C)(=O)=O. The predicted molar refractivity (Wildman–Crippen MR) is 131 cm³/mol. The first-order valence-electron chi connectivity index (χ1n) is 10.5. The van der Waals surface area contributed by atoms with Crippen LogP contribution in [-0.2, 0) is 26.2 Å². The molecule has 0 aliphatic heterocycles. The minimum absolute atomic E-state index is 0.113. The third-order valence-electron chi connectivity index (χ3n) is 5.27. The molecule has 7 nitrogen and oxygen atoms in total. The molecule has 0 unspecified atom stereocenters. The quantitative estimate of drug-likeness (QED) is 0.497. The molecule has 0 aromatic heterocycles. The van der Waals surface area contributed by atoms with Gasteiger partial charge in [-0.05, 0) is 54.4 Å². The zero-order chi connectivity index (χ0) is 24.8. The monoisotopic (exact) mass is 541 g/mol. The van der Waals surface area contributed by atoms with Crippen molar-refractivity contribution in [2.75, 3.05) is 17.1 Å². The first-order chi connectivity index (χ1) is 15.5. The van der Waals surface area contributed by atoms with E-state index in [0.29, 0.717) is 10.9 Å². The number of anilines is 1. The van der Waals surface area contributed by atoms with Crippen molar-refractivity contribution in [3.05, 3.63) is 64.4 Å². The Labute approximate surface area is 203 Å². The summed E-state index contributed by atoms with van der Waals surface area (Å²) in [6, 6.07) is 11.5. The Morgan fingerprint density at radius 3 is 2.27 bits per heavy atom. The van der Waals surface area contributed by atoms with E-state index in [4.69, 9.17) is 0 Å². The Morgan fingerprint density at radius 2 is 1.70 bits per heavy atom. The summed E-state index contributed by atoms with van der Waals surface area (Å²) in [6.07, 6.45) is 1.70. The second kappa shape index (κ2) is 11.6. The van der Waals surface area contributed by atoms with Crippen molar-refractivity contribution in [1.82, 2.24) is 10.2 Å². The lowest BCUT2D eigenvalue weighted by Crippen LogP contribution is -2.52. The van der Waals surface area contributed by atoms with Crippen LogP contribution in [0.2, 0.25) is 0 Å². The van der Waals surface area contributed by atoms with Gasteiger partial charge in [0.15, 0.2) is 0 Å². The van der Waals surface area contributed by atoms with Crippen LogP contribution in [0.4, 0.5) is 10.1 Å². The molecule has 0 saturated heterocycles. The molecule has 2 aromatic carbocycles. The summed E-state index contributed by atoms with van der Waals surface area (Å²) >= 11 is 3.32. The van der Waals surface area contributed by atoms with E-state index in [1.54, 1.807) is 37.3 Å². The van der Waals surface area contributed by atoms with E-state index in [9.17, 15) is 22.4 Å². The summed E-state index contributed by atoms with van der Waals surface area (Å²) in [5, 5.41) is 2.82. The largest absolute Gasteiger partial charge is 0.352 e. The number of sulfonamides is 1. The highest BCUT2D eigenvalue weighted by molar-refractivity contribution is 9.10. The van der Waals surface area contributed by atoms with Crippen LogP contribution in [-0.4, -0.2) is 50.0 Å². The van der Waals surface area contributed by atoms with Crippen molar-refractivity contribution in [1.29, 1.82) is 0 Å². The van der Waals surface area contributed by atoms with Gasteiger partial charge in [0, 0.05) is 22.6 Å². The Kier molecular flexibility index (Phi) is 9.42. The van der Waals surface area contributed by atoms with Crippen LogP contribution in [0.25, 0.3) is 0 Å². The Balaban J connectivity index is 2.41. The highest BCUT2D eigenvalue weighted by atomic mass is 79.9. The zero-order valence-electron chi connectivity index (χ0n) is 19.1. The van der Waals surface area contributed by atoms with Crippen LogP contribution in [0.1, 0.15) is 32.8 Å². The van der Waals surface area contributed by atoms with Crippen LogP contribution in [0.3, 0.4) is 0 Å². The number of rotatable bonds is 10. The van der Waals surface area contributed by atoms with Crippen LogP contribution in [0.5, 0.6) is 0 Å². The van der Waals surface area contributed by atoms with Gasteiger partial charge in [0.05, 0.1) is 11.9 Å². The maximum absolute atomic E-state index is 14.4. The molecule has 0 heterocycles.